The van der Waals surface area contributed by atoms with Gasteiger partial charge in [-0.25, -0.2) is 0 Å². The summed E-state index contributed by atoms with van der Waals surface area (Å²) in [7, 11) is 0. The zero-order valence-corrected chi connectivity index (χ0v) is 10.4. The standard InChI is InChI=1S/C15H16N2O/c1-11(8-16)9-17-10-14-13-5-3-2-4-12(13)6-7-15(14)18/h2-7,11,17-18H,9-10H2,1H3. The van der Waals surface area contributed by atoms with Crippen LogP contribution in [-0.2, 0) is 6.54 Å². The number of rotatable bonds is 4. The molecule has 0 aromatic heterocycles. The van der Waals surface area contributed by atoms with E-state index in [4.69, 9.17) is 5.26 Å². The zero-order chi connectivity index (χ0) is 13.0. The second-order valence-corrected chi connectivity index (χ2v) is 4.45. The van der Waals surface area contributed by atoms with E-state index in [9.17, 15) is 5.11 Å². The molecular formula is C15H16N2O. The fraction of sp³-hybridized carbons (Fsp3) is 0.267. The van der Waals surface area contributed by atoms with Gasteiger partial charge in [0.15, 0.2) is 0 Å². The molecule has 0 spiro atoms. The fourth-order valence-corrected chi connectivity index (χ4v) is 1.97. The Morgan fingerprint density at radius 1 is 1.28 bits per heavy atom. The summed E-state index contributed by atoms with van der Waals surface area (Å²) in [4.78, 5) is 0. The van der Waals surface area contributed by atoms with E-state index in [1.165, 1.54) is 0 Å². The molecule has 3 nitrogen and oxygen atoms in total. The summed E-state index contributed by atoms with van der Waals surface area (Å²) in [6.45, 7) is 3.06. The van der Waals surface area contributed by atoms with E-state index >= 15 is 0 Å². The van der Waals surface area contributed by atoms with Crippen LogP contribution in [0.25, 0.3) is 10.8 Å². The lowest BCUT2D eigenvalue weighted by Gasteiger charge is -2.11. The van der Waals surface area contributed by atoms with Crippen LogP contribution >= 0.6 is 0 Å². The highest BCUT2D eigenvalue weighted by molar-refractivity contribution is 5.87. The summed E-state index contributed by atoms with van der Waals surface area (Å²) in [5, 5.41) is 24.0. The molecule has 2 aromatic rings. The second kappa shape index (κ2) is 5.52. The maximum Gasteiger partial charge on any atom is 0.120 e. The summed E-state index contributed by atoms with van der Waals surface area (Å²) in [5.74, 6) is 0.271. The van der Waals surface area contributed by atoms with E-state index in [1.54, 1.807) is 6.07 Å². The van der Waals surface area contributed by atoms with Crippen molar-refractivity contribution in [2.24, 2.45) is 5.92 Å². The number of phenols is 1. The highest BCUT2D eigenvalue weighted by Gasteiger charge is 2.07. The number of phenolic OH excluding ortho intramolecular Hbond substituents is 1. The number of benzene rings is 2. The van der Waals surface area contributed by atoms with Crippen LogP contribution in [0.15, 0.2) is 36.4 Å². The Morgan fingerprint density at radius 2 is 2.06 bits per heavy atom. The number of nitrogens with zero attached hydrogens (tertiary/aromatic N) is 1. The molecule has 2 aromatic carbocycles. The number of hydrogen-bond donors (Lipinski definition) is 2. The second-order valence-electron chi connectivity index (χ2n) is 4.45. The molecule has 0 saturated heterocycles. The van der Waals surface area contributed by atoms with Crippen molar-refractivity contribution in [2.45, 2.75) is 13.5 Å². The van der Waals surface area contributed by atoms with Crippen LogP contribution in [0.1, 0.15) is 12.5 Å². The third-order valence-corrected chi connectivity index (χ3v) is 2.99. The Morgan fingerprint density at radius 3 is 2.83 bits per heavy atom. The van der Waals surface area contributed by atoms with Crippen LogP contribution in [-0.4, -0.2) is 11.7 Å². The van der Waals surface area contributed by atoms with Gasteiger partial charge < -0.3 is 10.4 Å². The van der Waals surface area contributed by atoms with E-state index in [0.717, 1.165) is 16.3 Å². The Kier molecular flexibility index (Phi) is 3.81. The molecule has 0 heterocycles. The molecule has 0 radical (unpaired) electrons. The number of hydrogen-bond acceptors (Lipinski definition) is 3. The lowest BCUT2D eigenvalue weighted by atomic mass is 10.0. The van der Waals surface area contributed by atoms with Gasteiger partial charge in [-0.15, -0.1) is 0 Å². The summed E-state index contributed by atoms with van der Waals surface area (Å²) < 4.78 is 0. The highest BCUT2D eigenvalue weighted by atomic mass is 16.3. The quantitative estimate of drug-likeness (QED) is 0.864. The van der Waals surface area contributed by atoms with Crippen LogP contribution in [0, 0.1) is 17.2 Å². The van der Waals surface area contributed by atoms with Crippen LogP contribution in [0.3, 0.4) is 0 Å². The zero-order valence-electron chi connectivity index (χ0n) is 10.4. The summed E-state index contributed by atoms with van der Waals surface area (Å²) in [5.41, 5.74) is 0.887. The molecular weight excluding hydrogens is 224 g/mol. The molecule has 0 fully saturated rings. The predicted octanol–water partition coefficient (Wildman–Crippen LogP) is 2.79. The average Bonchev–Trinajstić information content (AvgIpc) is 2.41. The Labute approximate surface area is 107 Å². The minimum Gasteiger partial charge on any atom is -0.508 e. The third kappa shape index (κ3) is 2.61. The molecule has 1 atom stereocenters. The Hall–Kier alpha value is -2.05. The van der Waals surface area contributed by atoms with Crippen molar-refractivity contribution in [3.8, 4) is 11.8 Å². The van der Waals surface area contributed by atoms with Crippen molar-refractivity contribution in [1.82, 2.24) is 5.32 Å². The largest absolute Gasteiger partial charge is 0.508 e. The molecule has 0 aliphatic rings. The minimum atomic E-state index is -0.0258. The van der Waals surface area contributed by atoms with E-state index in [-0.39, 0.29) is 5.92 Å². The molecule has 0 amide bonds. The topological polar surface area (TPSA) is 56.0 Å². The molecule has 3 heteroatoms. The smallest absolute Gasteiger partial charge is 0.120 e. The van der Waals surface area contributed by atoms with E-state index in [1.807, 2.05) is 37.3 Å². The van der Waals surface area contributed by atoms with Crippen LogP contribution in [0.2, 0.25) is 0 Å². The Balaban J connectivity index is 2.22. The van der Waals surface area contributed by atoms with Gasteiger partial charge >= 0.3 is 0 Å². The Bertz CT molecular complexity index is 587. The first-order chi connectivity index (χ1) is 8.72. The normalized spacial score (nSPS) is 12.2. The van der Waals surface area contributed by atoms with Gasteiger partial charge in [0.1, 0.15) is 5.75 Å². The van der Waals surface area contributed by atoms with Gasteiger partial charge in [0, 0.05) is 18.7 Å². The highest BCUT2D eigenvalue weighted by Crippen LogP contribution is 2.26. The molecule has 0 bridgehead atoms. The van der Waals surface area contributed by atoms with Gasteiger partial charge in [-0.3, -0.25) is 0 Å². The van der Waals surface area contributed by atoms with Gasteiger partial charge in [0.25, 0.3) is 0 Å². The number of aromatic hydroxyl groups is 1. The maximum atomic E-state index is 9.93. The van der Waals surface area contributed by atoms with Gasteiger partial charge in [-0.1, -0.05) is 30.3 Å². The molecule has 92 valence electrons. The molecule has 0 aliphatic heterocycles. The van der Waals surface area contributed by atoms with Crippen LogP contribution in [0.4, 0.5) is 0 Å². The van der Waals surface area contributed by atoms with Crippen LogP contribution in [0.5, 0.6) is 5.75 Å². The first-order valence-electron chi connectivity index (χ1n) is 6.02. The number of nitriles is 1. The third-order valence-electron chi connectivity index (χ3n) is 2.99. The van der Waals surface area contributed by atoms with Gasteiger partial charge in [0.2, 0.25) is 0 Å². The number of fused-ring (bicyclic) bond motifs is 1. The minimum absolute atomic E-state index is 0.0258. The van der Waals surface area contributed by atoms with Crippen LogP contribution < -0.4 is 5.32 Å². The molecule has 18 heavy (non-hydrogen) atoms. The number of nitrogens with one attached hydrogen (secondary N) is 1. The van der Waals surface area contributed by atoms with Crippen molar-refractivity contribution >= 4 is 10.8 Å². The summed E-state index contributed by atoms with van der Waals surface area (Å²) >= 11 is 0. The predicted molar refractivity (Wildman–Crippen MR) is 72.1 cm³/mol. The summed E-state index contributed by atoms with van der Waals surface area (Å²) in [6, 6.07) is 13.8. The van der Waals surface area contributed by atoms with Crippen molar-refractivity contribution in [3.05, 3.63) is 42.0 Å². The van der Waals surface area contributed by atoms with Crippen molar-refractivity contribution in [1.29, 1.82) is 5.26 Å². The first kappa shape index (κ1) is 12.4. The van der Waals surface area contributed by atoms with Gasteiger partial charge in [0.05, 0.1) is 12.0 Å². The van der Waals surface area contributed by atoms with E-state index < -0.39 is 0 Å². The lowest BCUT2D eigenvalue weighted by molar-refractivity contribution is 0.464. The van der Waals surface area contributed by atoms with E-state index in [0.29, 0.717) is 18.8 Å². The van der Waals surface area contributed by atoms with Crippen molar-refractivity contribution in [3.63, 3.8) is 0 Å². The van der Waals surface area contributed by atoms with E-state index in [2.05, 4.69) is 11.4 Å². The molecule has 1 unspecified atom stereocenters. The molecule has 0 saturated carbocycles. The average molecular weight is 240 g/mol. The monoisotopic (exact) mass is 240 g/mol. The molecule has 2 N–H and O–H groups in total. The van der Waals surface area contributed by atoms with Crippen molar-refractivity contribution < 1.29 is 5.11 Å². The molecule has 2 rings (SSSR count). The lowest BCUT2D eigenvalue weighted by Crippen LogP contribution is -2.20. The van der Waals surface area contributed by atoms with Gasteiger partial charge in [-0.2, -0.15) is 5.26 Å². The first-order valence-corrected chi connectivity index (χ1v) is 6.02. The summed E-state index contributed by atoms with van der Waals surface area (Å²) in [6.07, 6.45) is 0. The fourth-order valence-electron chi connectivity index (χ4n) is 1.97. The van der Waals surface area contributed by atoms with Gasteiger partial charge in [-0.05, 0) is 23.8 Å². The SMILES string of the molecule is CC(C#N)CNCc1c(O)ccc2ccccc12. The molecule has 0 aliphatic carbocycles. The van der Waals surface area contributed by atoms with Crippen molar-refractivity contribution in [2.75, 3.05) is 6.54 Å². The maximum absolute atomic E-state index is 9.93.